The van der Waals surface area contributed by atoms with Crippen LogP contribution in [0.1, 0.15) is 33.1 Å². The molecule has 4 nitrogen and oxygen atoms in total. The minimum absolute atomic E-state index is 0.00800. The highest BCUT2D eigenvalue weighted by atomic mass is 16.5. The molecule has 0 aromatic heterocycles. The van der Waals surface area contributed by atoms with Crippen LogP contribution in [-0.4, -0.2) is 31.2 Å². The molecule has 0 spiro atoms. The molecule has 1 aliphatic carbocycles. The summed E-state index contributed by atoms with van der Waals surface area (Å²) in [4.78, 5) is 11.4. The maximum Gasteiger partial charge on any atom is 0.240 e. The van der Waals surface area contributed by atoms with Gasteiger partial charge >= 0.3 is 0 Å². The first kappa shape index (κ1) is 12.5. The van der Waals surface area contributed by atoms with Crippen molar-refractivity contribution >= 4 is 5.91 Å². The topological polar surface area (TPSA) is 64.3 Å². The highest BCUT2D eigenvalue weighted by molar-refractivity contribution is 5.88. The van der Waals surface area contributed by atoms with Gasteiger partial charge in [0.2, 0.25) is 5.91 Å². The maximum absolute atomic E-state index is 11.4. The molecule has 0 heterocycles. The molecule has 0 aromatic rings. The number of ether oxygens (including phenoxy) is 1. The largest absolute Gasteiger partial charge is 0.381 e. The predicted octanol–water partition coefficient (Wildman–Crippen LogP) is 0.657. The zero-order valence-electron chi connectivity index (χ0n) is 9.71. The molecule has 15 heavy (non-hydrogen) atoms. The summed E-state index contributed by atoms with van der Waals surface area (Å²) in [6.07, 6.45) is 2.50. The standard InChI is InChI=1S/C11H22N2O2/c1-9(2)8-15-7-3-6-13-10(14)11(12)4-5-11/h9H,3-8,12H2,1-2H3,(H,13,14). The lowest BCUT2D eigenvalue weighted by atomic mass is 10.2. The van der Waals surface area contributed by atoms with E-state index in [-0.39, 0.29) is 5.91 Å². The van der Waals surface area contributed by atoms with Crippen molar-refractivity contribution in [3.63, 3.8) is 0 Å². The van der Waals surface area contributed by atoms with Crippen LogP contribution in [0.15, 0.2) is 0 Å². The van der Waals surface area contributed by atoms with Crippen molar-refractivity contribution in [2.75, 3.05) is 19.8 Å². The van der Waals surface area contributed by atoms with E-state index in [1.165, 1.54) is 0 Å². The molecule has 0 atom stereocenters. The first-order valence-corrected chi connectivity index (χ1v) is 5.69. The quantitative estimate of drug-likeness (QED) is 0.612. The second kappa shape index (κ2) is 5.47. The third kappa shape index (κ3) is 4.62. The van der Waals surface area contributed by atoms with Crippen molar-refractivity contribution < 1.29 is 9.53 Å². The van der Waals surface area contributed by atoms with Crippen LogP contribution >= 0.6 is 0 Å². The molecule has 0 aliphatic heterocycles. The molecular formula is C11H22N2O2. The SMILES string of the molecule is CC(C)COCCCNC(=O)C1(N)CC1. The Labute approximate surface area is 91.5 Å². The number of hydrogen-bond acceptors (Lipinski definition) is 3. The van der Waals surface area contributed by atoms with Gasteiger partial charge in [-0.15, -0.1) is 0 Å². The zero-order chi connectivity index (χ0) is 11.3. The van der Waals surface area contributed by atoms with Gasteiger partial charge in [0.1, 0.15) is 0 Å². The highest BCUT2D eigenvalue weighted by Gasteiger charge is 2.45. The van der Waals surface area contributed by atoms with E-state index in [2.05, 4.69) is 19.2 Å². The minimum atomic E-state index is -0.543. The number of carbonyl (C=O) groups excluding carboxylic acids is 1. The summed E-state index contributed by atoms with van der Waals surface area (Å²) in [5, 5.41) is 2.83. The Balaban J connectivity index is 1.91. The molecule has 1 aliphatic rings. The lowest BCUT2D eigenvalue weighted by Gasteiger charge is -2.10. The van der Waals surface area contributed by atoms with Crippen LogP contribution in [0.3, 0.4) is 0 Å². The second-order valence-electron chi connectivity index (χ2n) is 4.73. The molecule has 0 radical (unpaired) electrons. The van der Waals surface area contributed by atoms with Crippen molar-refractivity contribution in [2.45, 2.75) is 38.6 Å². The van der Waals surface area contributed by atoms with Crippen LogP contribution < -0.4 is 11.1 Å². The van der Waals surface area contributed by atoms with Crippen LogP contribution in [0.25, 0.3) is 0 Å². The lowest BCUT2D eigenvalue weighted by Crippen LogP contribution is -2.43. The van der Waals surface area contributed by atoms with E-state index < -0.39 is 5.54 Å². The van der Waals surface area contributed by atoms with E-state index in [0.29, 0.717) is 19.1 Å². The molecule has 4 heteroatoms. The van der Waals surface area contributed by atoms with Gasteiger partial charge in [-0.3, -0.25) is 4.79 Å². The van der Waals surface area contributed by atoms with Crippen LogP contribution in [0.4, 0.5) is 0 Å². The summed E-state index contributed by atoms with van der Waals surface area (Å²) in [5.74, 6) is 0.560. The minimum Gasteiger partial charge on any atom is -0.381 e. The molecule has 88 valence electrons. The molecule has 0 unspecified atom stereocenters. The van der Waals surface area contributed by atoms with Gasteiger partial charge in [-0.05, 0) is 25.2 Å². The number of nitrogens with one attached hydrogen (secondary N) is 1. The number of rotatable bonds is 7. The van der Waals surface area contributed by atoms with E-state index in [9.17, 15) is 4.79 Å². The summed E-state index contributed by atoms with van der Waals surface area (Å²) in [7, 11) is 0. The Morgan fingerprint density at radius 3 is 2.73 bits per heavy atom. The van der Waals surface area contributed by atoms with Gasteiger partial charge in [0.05, 0.1) is 5.54 Å². The monoisotopic (exact) mass is 214 g/mol. The number of amides is 1. The molecule has 0 aromatic carbocycles. The normalized spacial score (nSPS) is 17.9. The Bertz CT molecular complexity index is 213. The Morgan fingerprint density at radius 1 is 1.53 bits per heavy atom. The molecular weight excluding hydrogens is 192 g/mol. The summed E-state index contributed by atoms with van der Waals surface area (Å²) in [6, 6.07) is 0. The summed E-state index contributed by atoms with van der Waals surface area (Å²) < 4.78 is 5.40. The van der Waals surface area contributed by atoms with Crippen LogP contribution in [0, 0.1) is 5.92 Å². The fraction of sp³-hybridized carbons (Fsp3) is 0.909. The Morgan fingerprint density at radius 2 is 2.20 bits per heavy atom. The van der Waals surface area contributed by atoms with Gasteiger partial charge in [0.15, 0.2) is 0 Å². The first-order valence-electron chi connectivity index (χ1n) is 5.69. The fourth-order valence-corrected chi connectivity index (χ4v) is 1.23. The van der Waals surface area contributed by atoms with E-state index >= 15 is 0 Å². The van der Waals surface area contributed by atoms with Crippen LogP contribution in [-0.2, 0) is 9.53 Å². The van der Waals surface area contributed by atoms with Crippen molar-refractivity contribution in [2.24, 2.45) is 11.7 Å². The number of hydrogen-bond donors (Lipinski definition) is 2. The van der Waals surface area contributed by atoms with E-state index in [1.807, 2.05) is 0 Å². The highest BCUT2D eigenvalue weighted by Crippen LogP contribution is 2.31. The first-order chi connectivity index (χ1) is 7.04. The van der Waals surface area contributed by atoms with Crippen molar-refractivity contribution in [3.05, 3.63) is 0 Å². The lowest BCUT2D eigenvalue weighted by molar-refractivity contribution is -0.123. The van der Waals surface area contributed by atoms with Gasteiger partial charge in [-0.2, -0.15) is 0 Å². The average molecular weight is 214 g/mol. The summed E-state index contributed by atoms with van der Waals surface area (Å²) >= 11 is 0. The third-order valence-electron chi connectivity index (χ3n) is 2.44. The molecule has 3 N–H and O–H groups in total. The van der Waals surface area contributed by atoms with Crippen molar-refractivity contribution in [3.8, 4) is 0 Å². The predicted molar refractivity (Wildman–Crippen MR) is 59.4 cm³/mol. The Hall–Kier alpha value is -0.610. The average Bonchev–Trinajstić information content (AvgIpc) is 2.90. The maximum atomic E-state index is 11.4. The summed E-state index contributed by atoms with van der Waals surface area (Å²) in [6.45, 7) is 6.39. The number of carbonyl (C=O) groups is 1. The van der Waals surface area contributed by atoms with E-state index in [0.717, 1.165) is 25.9 Å². The zero-order valence-corrected chi connectivity index (χ0v) is 9.71. The second-order valence-corrected chi connectivity index (χ2v) is 4.73. The molecule has 0 bridgehead atoms. The molecule has 1 fully saturated rings. The molecule has 1 amide bonds. The fourth-order valence-electron chi connectivity index (χ4n) is 1.23. The number of nitrogens with two attached hydrogens (primary N) is 1. The van der Waals surface area contributed by atoms with Gasteiger partial charge in [-0.25, -0.2) is 0 Å². The van der Waals surface area contributed by atoms with E-state index in [4.69, 9.17) is 10.5 Å². The van der Waals surface area contributed by atoms with Crippen molar-refractivity contribution in [1.29, 1.82) is 0 Å². The van der Waals surface area contributed by atoms with Gasteiger partial charge in [-0.1, -0.05) is 13.8 Å². The van der Waals surface area contributed by atoms with Crippen molar-refractivity contribution in [1.82, 2.24) is 5.32 Å². The smallest absolute Gasteiger partial charge is 0.240 e. The van der Waals surface area contributed by atoms with Gasteiger partial charge in [0, 0.05) is 19.8 Å². The third-order valence-corrected chi connectivity index (χ3v) is 2.44. The molecule has 1 rings (SSSR count). The van der Waals surface area contributed by atoms with Gasteiger partial charge in [0.25, 0.3) is 0 Å². The van der Waals surface area contributed by atoms with Crippen LogP contribution in [0.5, 0.6) is 0 Å². The molecule has 0 saturated heterocycles. The Kier molecular flexibility index (Phi) is 4.54. The molecule has 1 saturated carbocycles. The summed E-state index contributed by atoms with van der Waals surface area (Å²) in [5.41, 5.74) is 5.18. The van der Waals surface area contributed by atoms with Gasteiger partial charge < -0.3 is 15.8 Å². The van der Waals surface area contributed by atoms with E-state index in [1.54, 1.807) is 0 Å². The van der Waals surface area contributed by atoms with Crippen LogP contribution in [0.2, 0.25) is 0 Å².